The van der Waals surface area contributed by atoms with Crippen molar-refractivity contribution in [1.82, 2.24) is 0 Å². The summed E-state index contributed by atoms with van der Waals surface area (Å²) in [6.07, 6.45) is 5.24. The van der Waals surface area contributed by atoms with Gasteiger partial charge in [-0.3, -0.25) is 4.79 Å². The molecule has 0 aromatic carbocycles. The van der Waals surface area contributed by atoms with Crippen LogP contribution in [0.4, 0.5) is 0 Å². The maximum Gasteiger partial charge on any atom is 0.132 e. The van der Waals surface area contributed by atoms with Crippen molar-refractivity contribution in [2.45, 2.75) is 58.5 Å². The number of ketones is 1. The van der Waals surface area contributed by atoms with Gasteiger partial charge in [0.15, 0.2) is 0 Å². The minimum absolute atomic E-state index is 0.0417. The number of ether oxygens (including phenoxy) is 1. The summed E-state index contributed by atoms with van der Waals surface area (Å²) >= 11 is 0. The first-order chi connectivity index (χ1) is 5.95. The van der Waals surface area contributed by atoms with Crippen molar-refractivity contribution in [3.05, 3.63) is 0 Å². The molecular weight excluding hydrogens is 164 g/mol. The number of carbonyl (C=O) groups is 1. The normalized spacial score (nSPS) is 17.7. The van der Waals surface area contributed by atoms with Crippen LogP contribution in [0.5, 0.6) is 0 Å². The van der Waals surface area contributed by atoms with E-state index in [1.807, 2.05) is 20.8 Å². The largest absolute Gasteiger partial charge is 0.379 e. The molecule has 0 bridgehead atoms. The molecule has 0 heterocycles. The number of methoxy groups -OCH3 is 1. The molecule has 0 saturated heterocycles. The van der Waals surface area contributed by atoms with Crippen LogP contribution >= 0.6 is 0 Å². The van der Waals surface area contributed by atoms with E-state index < -0.39 is 0 Å². The number of rotatable bonds is 0. The lowest BCUT2D eigenvalue weighted by Crippen LogP contribution is -2.15. The second kappa shape index (κ2) is 6.14. The van der Waals surface area contributed by atoms with Crippen molar-refractivity contribution in [1.29, 1.82) is 0 Å². The molecule has 1 aliphatic carbocycles. The topological polar surface area (TPSA) is 26.3 Å². The molecule has 0 radical (unpaired) electrons. The molecule has 1 rings (SSSR count). The molecule has 0 atom stereocenters. The first-order valence-electron chi connectivity index (χ1n) is 5.02. The molecule has 0 aromatic heterocycles. The van der Waals surface area contributed by atoms with E-state index in [2.05, 4.69) is 0 Å². The summed E-state index contributed by atoms with van der Waals surface area (Å²) in [4.78, 5) is 10.5. The first kappa shape index (κ1) is 12.6. The van der Waals surface area contributed by atoms with Crippen molar-refractivity contribution in [2.75, 3.05) is 7.11 Å². The zero-order valence-electron chi connectivity index (χ0n) is 9.35. The minimum Gasteiger partial charge on any atom is -0.379 e. The Morgan fingerprint density at radius 2 is 1.46 bits per heavy atom. The number of Topliss-reactive ketones (excluding diaryl/α,β-unsaturated/α-hetero) is 1. The van der Waals surface area contributed by atoms with Crippen molar-refractivity contribution >= 4 is 5.78 Å². The third kappa shape index (κ3) is 9.54. The fourth-order valence-corrected chi connectivity index (χ4v) is 0.946. The van der Waals surface area contributed by atoms with Gasteiger partial charge in [0.1, 0.15) is 5.78 Å². The van der Waals surface area contributed by atoms with E-state index in [0.717, 1.165) is 25.7 Å². The lowest BCUT2D eigenvalue weighted by Gasteiger charge is -2.14. The highest BCUT2D eigenvalue weighted by atomic mass is 16.5. The monoisotopic (exact) mass is 186 g/mol. The van der Waals surface area contributed by atoms with Gasteiger partial charge in [-0.05, 0) is 33.6 Å². The van der Waals surface area contributed by atoms with E-state index in [9.17, 15) is 4.79 Å². The molecule has 1 aliphatic rings. The SMILES string of the molecule is COC(C)(C)C.O=C1CCCCC1. The van der Waals surface area contributed by atoms with E-state index >= 15 is 0 Å². The molecule has 0 aliphatic heterocycles. The van der Waals surface area contributed by atoms with Gasteiger partial charge in [0.05, 0.1) is 5.60 Å². The zero-order chi connectivity index (χ0) is 10.3. The van der Waals surface area contributed by atoms with Crippen LogP contribution < -0.4 is 0 Å². The molecule has 2 heteroatoms. The van der Waals surface area contributed by atoms with Crippen LogP contribution in [0.1, 0.15) is 52.9 Å². The maximum absolute atomic E-state index is 10.5. The van der Waals surface area contributed by atoms with Crippen LogP contribution in [0.25, 0.3) is 0 Å². The predicted octanol–water partition coefficient (Wildman–Crippen LogP) is 2.95. The van der Waals surface area contributed by atoms with E-state index in [-0.39, 0.29) is 5.60 Å². The van der Waals surface area contributed by atoms with Crippen molar-refractivity contribution in [3.8, 4) is 0 Å². The van der Waals surface area contributed by atoms with Crippen LogP contribution in [0.15, 0.2) is 0 Å². The smallest absolute Gasteiger partial charge is 0.132 e. The molecule has 0 spiro atoms. The highest BCUT2D eigenvalue weighted by molar-refractivity contribution is 5.78. The Morgan fingerprint density at radius 1 is 1.08 bits per heavy atom. The molecule has 78 valence electrons. The molecule has 13 heavy (non-hydrogen) atoms. The predicted molar refractivity (Wildman–Crippen MR) is 54.9 cm³/mol. The Hall–Kier alpha value is -0.370. The first-order valence-corrected chi connectivity index (χ1v) is 5.02. The molecular formula is C11H22O2. The zero-order valence-corrected chi connectivity index (χ0v) is 9.35. The summed E-state index contributed by atoms with van der Waals surface area (Å²) in [6, 6.07) is 0. The van der Waals surface area contributed by atoms with Gasteiger partial charge in [0.25, 0.3) is 0 Å². The lowest BCUT2D eigenvalue weighted by atomic mass is 10.00. The molecule has 1 fully saturated rings. The summed E-state index contributed by atoms with van der Waals surface area (Å²) in [7, 11) is 1.71. The minimum atomic E-state index is 0.0417. The molecule has 0 N–H and O–H groups in total. The van der Waals surface area contributed by atoms with Gasteiger partial charge in [-0.1, -0.05) is 6.42 Å². The Balaban J connectivity index is 0.000000226. The molecule has 0 amide bonds. The van der Waals surface area contributed by atoms with E-state index in [0.29, 0.717) is 5.78 Å². The maximum atomic E-state index is 10.5. The van der Waals surface area contributed by atoms with Crippen LogP contribution in [0, 0.1) is 0 Å². The third-order valence-corrected chi connectivity index (χ3v) is 2.02. The average Bonchev–Trinajstić information content (AvgIpc) is 2.06. The van der Waals surface area contributed by atoms with E-state index in [1.165, 1.54) is 6.42 Å². The Labute approximate surface area is 81.7 Å². The lowest BCUT2D eigenvalue weighted by molar-refractivity contribution is -0.120. The average molecular weight is 186 g/mol. The summed E-state index contributed by atoms with van der Waals surface area (Å²) in [5, 5.41) is 0. The second-order valence-corrected chi connectivity index (χ2v) is 4.42. The van der Waals surface area contributed by atoms with Crippen LogP contribution in [-0.2, 0) is 9.53 Å². The highest BCUT2D eigenvalue weighted by Gasteiger charge is 2.06. The Morgan fingerprint density at radius 3 is 1.62 bits per heavy atom. The van der Waals surface area contributed by atoms with Crippen LogP contribution in [-0.4, -0.2) is 18.5 Å². The standard InChI is InChI=1S/C6H10O.C5H12O/c7-6-4-2-1-3-5-6;1-5(2,3)6-4/h1-5H2;1-4H3. The van der Waals surface area contributed by atoms with Crippen molar-refractivity contribution in [3.63, 3.8) is 0 Å². The van der Waals surface area contributed by atoms with Gasteiger partial charge >= 0.3 is 0 Å². The fourth-order valence-electron chi connectivity index (χ4n) is 0.946. The quantitative estimate of drug-likeness (QED) is 0.581. The van der Waals surface area contributed by atoms with Crippen molar-refractivity contribution < 1.29 is 9.53 Å². The molecule has 0 aromatic rings. The molecule has 2 nitrogen and oxygen atoms in total. The van der Waals surface area contributed by atoms with Gasteiger partial charge in [-0.25, -0.2) is 0 Å². The van der Waals surface area contributed by atoms with Gasteiger partial charge in [-0.2, -0.15) is 0 Å². The van der Waals surface area contributed by atoms with Gasteiger partial charge in [-0.15, -0.1) is 0 Å². The van der Waals surface area contributed by atoms with Crippen molar-refractivity contribution in [2.24, 2.45) is 0 Å². The summed E-state index contributed by atoms with van der Waals surface area (Å²) in [6.45, 7) is 6.06. The van der Waals surface area contributed by atoms with Crippen LogP contribution in [0.2, 0.25) is 0 Å². The fraction of sp³-hybridized carbons (Fsp3) is 0.909. The molecule has 1 saturated carbocycles. The summed E-state index contributed by atoms with van der Waals surface area (Å²) in [5.41, 5.74) is 0.0417. The highest BCUT2D eigenvalue weighted by Crippen LogP contribution is 2.12. The summed E-state index contributed by atoms with van der Waals surface area (Å²) in [5.74, 6) is 0.464. The Bertz CT molecular complexity index is 137. The number of hydrogen-bond donors (Lipinski definition) is 0. The number of carbonyl (C=O) groups excluding carboxylic acids is 1. The number of hydrogen-bond acceptors (Lipinski definition) is 2. The third-order valence-electron chi connectivity index (χ3n) is 2.02. The Kier molecular flexibility index (Phi) is 5.97. The van der Waals surface area contributed by atoms with Gasteiger partial charge in [0.2, 0.25) is 0 Å². The molecule has 0 unspecified atom stereocenters. The van der Waals surface area contributed by atoms with Gasteiger partial charge in [0, 0.05) is 20.0 Å². The van der Waals surface area contributed by atoms with E-state index in [1.54, 1.807) is 7.11 Å². The van der Waals surface area contributed by atoms with Crippen LogP contribution in [0.3, 0.4) is 0 Å². The summed E-state index contributed by atoms with van der Waals surface area (Å²) < 4.78 is 4.94. The second-order valence-electron chi connectivity index (χ2n) is 4.42. The van der Waals surface area contributed by atoms with E-state index in [4.69, 9.17) is 4.74 Å². The van der Waals surface area contributed by atoms with Gasteiger partial charge < -0.3 is 4.74 Å².